The summed E-state index contributed by atoms with van der Waals surface area (Å²) in [5, 5.41) is 9.45. The average Bonchev–Trinajstić information content (AvgIpc) is 1.98. The highest BCUT2D eigenvalue weighted by molar-refractivity contribution is 5.45. The molecule has 13 heavy (non-hydrogen) atoms. The van der Waals surface area contributed by atoms with Crippen molar-refractivity contribution in [2.45, 2.75) is 33.2 Å². The van der Waals surface area contributed by atoms with Gasteiger partial charge in [0.15, 0.2) is 0 Å². The summed E-state index contributed by atoms with van der Waals surface area (Å²) in [4.78, 5) is 0. The van der Waals surface area contributed by atoms with Crippen molar-refractivity contribution in [3.05, 3.63) is 28.8 Å². The van der Waals surface area contributed by atoms with Crippen LogP contribution < -0.4 is 5.73 Å². The van der Waals surface area contributed by atoms with Crippen LogP contribution in [0.4, 0.5) is 0 Å². The largest absolute Gasteiger partial charge is 0.508 e. The first-order valence-electron chi connectivity index (χ1n) is 4.42. The van der Waals surface area contributed by atoms with Gasteiger partial charge >= 0.3 is 0 Å². The average molecular weight is 179 g/mol. The normalized spacial score (nSPS) is 11.8. The molecule has 0 fully saturated rings. The number of rotatable bonds is 1. The van der Waals surface area contributed by atoms with Gasteiger partial charge in [-0.3, -0.25) is 0 Å². The van der Waals surface area contributed by atoms with E-state index in [0.717, 1.165) is 16.7 Å². The predicted octanol–water partition coefficient (Wildman–Crippen LogP) is 2.20. The highest BCUT2D eigenvalue weighted by atomic mass is 16.3. The number of aromatic hydroxyl groups is 1. The Bertz CT molecular complexity index is 324. The standard InChI is InChI=1S/C11H17NO/c1-7-8(2)10(13)6-5-9(7)11(3,4)12/h5-6,13H,12H2,1-4H3. The Labute approximate surface area is 79.4 Å². The molecule has 1 aromatic carbocycles. The molecule has 0 saturated heterocycles. The van der Waals surface area contributed by atoms with E-state index in [4.69, 9.17) is 5.73 Å². The van der Waals surface area contributed by atoms with Crippen molar-refractivity contribution in [2.24, 2.45) is 5.73 Å². The Morgan fingerprint density at radius 2 is 1.69 bits per heavy atom. The van der Waals surface area contributed by atoms with E-state index in [2.05, 4.69) is 0 Å². The summed E-state index contributed by atoms with van der Waals surface area (Å²) in [6.07, 6.45) is 0. The van der Waals surface area contributed by atoms with Gasteiger partial charge in [0, 0.05) is 5.54 Å². The van der Waals surface area contributed by atoms with Crippen molar-refractivity contribution in [1.29, 1.82) is 0 Å². The van der Waals surface area contributed by atoms with E-state index < -0.39 is 0 Å². The van der Waals surface area contributed by atoms with E-state index in [9.17, 15) is 5.11 Å². The molecule has 1 rings (SSSR count). The second kappa shape index (κ2) is 3.04. The second-order valence-corrected chi connectivity index (χ2v) is 4.10. The van der Waals surface area contributed by atoms with Crippen molar-refractivity contribution < 1.29 is 5.11 Å². The molecule has 72 valence electrons. The highest BCUT2D eigenvalue weighted by Crippen LogP contribution is 2.28. The molecule has 0 spiro atoms. The number of phenols is 1. The van der Waals surface area contributed by atoms with Gasteiger partial charge < -0.3 is 10.8 Å². The van der Waals surface area contributed by atoms with Crippen LogP contribution in [0, 0.1) is 13.8 Å². The quantitative estimate of drug-likeness (QED) is 0.694. The maximum Gasteiger partial charge on any atom is 0.118 e. The van der Waals surface area contributed by atoms with Gasteiger partial charge in [-0.05, 0) is 50.5 Å². The molecule has 0 aliphatic heterocycles. The Morgan fingerprint density at radius 1 is 1.15 bits per heavy atom. The molecule has 0 atom stereocenters. The maximum absolute atomic E-state index is 9.45. The Kier molecular flexibility index (Phi) is 2.35. The highest BCUT2D eigenvalue weighted by Gasteiger charge is 2.18. The summed E-state index contributed by atoms with van der Waals surface area (Å²) in [5.74, 6) is 0.338. The van der Waals surface area contributed by atoms with E-state index in [-0.39, 0.29) is 5.54 Å². The molecule has 0 amide bonds. The first kappa shape index (κ1) is 10.1. The summed E-state index contributed by atoms with van der Waals surface area (Å²) >= 11 is 0. The number of nitrogens with two attached hydrogens (primary N) is 1. The van der Waals surface area contributed by atoms with Crippen molar-refractivity contribution in [1.82, 2.24) is 0 Å². The molecular formula is C11H17NO. The van der Waals surface area contributed by atoms with Gasteiger partial charge in [-0.2, -0.15) is 0 Å². The molecule has 0 unspecified atom stereocenters. The van der Waals surface area contributed by atoms with Crippen molar-refractivity contribution in [3.63, 3.8) is 0 Å². The number of phenolic OH excluding ortho intramolecular Hbond substituents is 1. The molecule has 0 aromatic heterocycles. The van der Waals surface area contributed by atoms with Crippen LogP contribution in [0.15, 0.2) is 12.1 Å². The zero-order chi connectivity index (χ0) is 10.2. The molecule has 0 aliphatic rings. The fraction of sp³-hybridized carbons (Fsp3) is 0.455. The topological polar surface area (TPSA) is 46.2 Å². The van der Waals surface area contributed by atoms with Crippen LogP contribution in [0.1, 0.15) is 30.5 Å². The van der Waals surface area contributed by atoms with Crippen molar-refractivity contribution in [2.75, 3.05) is 0 Å². The minimum Gasteiger partial charge on any atom is -0.508 e. The van der Waals surface area contributed by atoms with Crippen LogP contribution in [0.25, 0.3) is 0 Å². The first-order valence-corrected chi connectivity index (χ1v) is 4.42. The van der Waals surface area contributed by atoms with Crippen LogP contribution in [-0.4, -0.2) is 5.11 Å². The molecule has 3 N–H and O–H groups in total. The third kappa shape index (κ3) is 1.83. The van der Waals surface area contributed by atoms with Crippen LogP contribution in [0.5, 0.6) is 5.75 Å². The zero-order valence-corrected chi connectivity index (χ0v) is 8.68. The van der Waals surface area contributed by atoms with Crippen molar-refractivity contribution >= 4 is 0 Å². The Morgan fingerprint density at radius 3 is 2.15 bits per heavy atom. The molecule has 2 heteroatoms. The fourth-order valence-corrected chi connectivity index (χ4v) is 1.50. The zero-order valence-electron chi connectivity index (χ0n) is 8.68. The van der Waals surface area contributed by atoms with E-state index in [0.29, 0.717) is 5.75 Å². The lowest BCUT2D eigenvalue weighted by Gasteiger charge is -2.23. The second-order valence-electron chi connectivity index (χ2n) is 4.10. The van der Waals surface area contributed by atoms with Crippen LogP contribution in [0.2, 0.25) is 0 Å². The Hall–Kier alpha value is -1.02. The third-order valence-corrected chi connectivity index (χ3v) is 2.45. The van der Waals surface area contributed by atoms with Gasteiger partial charge in [0.2, 0.25) is 0 Å². The van der Waals surface area contributed by atoms with Crippen LogP contribution in [0.3, 0.4) is 0 Å². The molecule has 0 aliphatic carbocycles. The predicted molar refractivity (Wildman–Crippen MR) is 54.8 cm³/mol. The SMILES string of the molecule is Cc1c(O)ccc(C(C)(C)N)c1C. The molecule has 0 saturated carbocycles. The van der Waals surface area contributed by atoms with Crippen LogP contribution >= 0.6 is 0 Å². The number of benzene rings is 1. The summed E-state index contributed by atoms with van der Waals surface area (Å²) in [7, 11) is 0. The van der Waals surface area contributed by atoms with E-state index in [1.54, 1.807) is 6.07 Å². The summed E-state index contributed by atoms with van der Waals surface area (Å²) in [6.45, 7) is 7.82. The first-order chi connectivity index (χ1) is 5.84. The van der Waals surface area contributed by atoms with Crippen LogP contribution in [-0.2, 0) is 5.54 Å². The van der Waals surface area contributed by atoms with Gasteiger partial charge in [-0.15, -0.1) is 0 Å². The smallest absolute Gasteiger partial charge is 0.118 e. The molecular weight excluding hydrogens is 162 g/mol. The third-order valence-electron chi connectivity index (χ3n) is 2.45. The maximum atomic E-state index is 9.45. The lowest BCUT2D eigenvalue weighted by atomic mass is 9.89. The molecule has 0 radical (unpaired) electrons. The van der Waals surface area contributed by atoms with Gasteiger partial charge in [0.05, 0.1) is 0 Å². The monoisotopic (exact) mass is 179 g/mol. The van der Waals surface area contributed by atoms with Crippen molar-refractivity contribution in [3.8, 4) is 5.75 Å². The van der Waals surface area contributed by atoms with Gasteiger partial charge in [-0.25, -0.2) is 0 Å². The summed E-state index contributed by atoms with van der Waals surface area (Å²) in [6, 6.07) is 3.59. The lowest BCUT2D eigenvalue weighted by Crippen LogP contribution is -2.29. The fourth-order valence-electron chi connectivity index (χ4n) is 1.50. The molecule has 1 aromatic rings. The number of hydrogen-bond donors (Lipinski definition) is 2. The number of hydrogen-bond acceptors (Lipinski definition) is 2. The van der Waals surface area contributed by atoms with Gasteiger partial charge in [0.25, 0.3) is 0 Å². The van der Waals surface area contributed by atoms with E-state index in [1.807, 2.05) is 33.8 Å². The van der Waals surface area contributed by atoms with Gasteiger partial charge in [0.1, 0.15) is 5.75 Å². The minimum atomic E-state index is -0.345. The van der Waals surface area contributed by atoms with Gasteiger partial charge in [-0.1, -0.05) is 6.07 Å². The summed E-state index contributed by atoms with van der Waals surface area (Å²) < 4.78 is 0. The van der Waals surface area contributed by atoms with E-state index >= 15 is 0 Å². The van der Waals surface area contributed by atoms with E-state index in [1.165, 1.54) is 0 Å². The lowest BCUT2D eigenvalue weighted by molar-refractivity contribution is 0.468. The minimum absolute atomic E-state index is 0.338. The summed E-state index contributed by atoms with van der Waals surface area (Å²) in [5.41, 5.74) is 8.73. The molecule has 0 bridgehead atoms. The molecule has 2 nitrogen and oxygen atoms in total. The molecule has 0 heterocycles. The Balaban J connectivity index is 3.35.